The summed E-state index contributed by atoms with van der Waals surface area (Å²) in [6.45, 7) is 9.43. The molecule has 1 saturated carbocycles. The van der Waals surface area contributed by atoms with Crippen LogP contribution in [0.5, 0.6) is 0 Å². The highest BCUT2D eigenvalue weighted by Gasteiger charge is 2.37. The number of alkyl carbamates (subject to hydrolysis) is 1. The average Bonchev–Trinajstić information content (AvgIpc) is 3.69. The Kier molecular flexibility index (Phi) is 8.16. The number of morpholine rings is 1. The number of aromatic nitrogens is 2. The van der Waals surface area contributed by atoms with Gasteiger partial charge in [0.2, 0.25) is 0 Å². The molecular weight excluding hydrogens is 496 g/mol. The fraction of sp³-hybridized carbons (Fsp3) is 0.538. The molecule has 0 radical (unpaired) electrons. The number of hydrogen-bond donors (Lipinski definition) is 3. The van der Waals surface area contributed by atoms with E-state index in [2.05, 4.69) is 25.9 Å². The predicted molar refractivity (Wildman–Crippen MR) is 138 cm³/mol. The number of halogens is 2. The van der Waals surface area contributed by atoms with E-state index < -0.39 is 29.4 Å². The number of carbonyl (C=O) groups is 1. The molecule has 2 aromatic rings. The maximum atomic E-state index is 15.0. The van der Waals surface area contributed by atoms with Crippen molar-refractivity contribution in [3.05, 3.63) is 35.5 Å². The molecule has 0 spiro atoms. The highest BCUT2D eigenvalue weighted by Crippen LogP contribution is 2.36. The van der Waals surface area contributed by atoms with Crippen molar-refractivity contribution in [2.75, 3.05) is 41.8 Å². The van der Waals surface area contributed by atoms with Gasteiger partial charge in [-0.2, -0.15) is 5.26 Å². The highest BCUT2D eigenvalue weighted by atomic mass is 19.1. The summed E-state index contributed by atoms with van der Waals surface area (Å²) in [5, 5.41) is 18.3. The van der Waals surface area contributed by atoms with Gasteiger partial charge in [-0.3, -0.25) is 0 Å². The van der Waals surface area contributed by atoms with Crippen LogP contribution in [0.2, 0.25) is 0 Å². The molecule has 10 nitrogen and oxygen atoms in total. The largest absolute Gasteiger partial charge is 0.444 e. The number of anilines is 4. The topological polar surface area (TPSA) is 124 Å². The standard InChI is InChI=1S/C26H33F2N7O3/c1-15(31-25(36)38-26(2,3)4)22(16-5-6-16)33-24-18(27)11-17(13-29)23(34-24)32-20-12-21(30-14-19(20)28)35-7-9-37-10-8-35/h11-12,14-16,22H,5-10H2,1-4H3,(H,31,36)(H2,30,32,33,34)/t15-,22-/m0/s1. The Labute approximate surface area is 220 Å². The second-order valence-corrected chi connectivity index (χ2v) is 10.5. The summed E-state index contributed by atoms with van der Waals surface area (Å²) in [6.07, 6.45) is 2.34. The number of rotatable bonds is 8. The molecular formula is C26H33F2N7O3. The van der Waals surface area contributed by atoms with Crippen LogP contribution in [-0.2, 0) is 9.47 Å². The number of nitrogens with one attached hydrogen (secondary N) is 3. The third-order valence-electron chi connectivity index (χ3n) is 6.24. The van der Waals surface area contributed by atoms with Crippen LogP contribution >= 0.6 is 0 Å². The van der Waals surface area contributed by atoms with Crippen molar-refractivity contribution in [1.82, 2.24) is 15.3 Å². The van der Waals surface area contributed by atoms with Crippen molar-refractivity contribution >= 4 is 29.2 Å². The van der Waals surface area contributed by atoms with Gasteiger partial charge in [-0.25, -0.2) is 23.5 Å². The van der Waals surface area contributed by atoms with Gasteiger partial charge in [-0.05, 0) is 52.5 Å². The summed E-state index contributed by atoms with van der Waals surface area (Å²) >= 11 is 0. The Balaban J connectivity index is 1.55. The van der Waals surface area contributed by atoms with Crippen molar-refractivity contribution in [1.29, 1.82) is 5.26 Å². The molecule has 2 aliphatic rings. The number of nitriles is 1. The van der Waals surface area contributed by atoms with Gasteiger partial charge in [-0.1, -0.05) is 0 Å². The molecule has 1 aliphatic carbocycles. The lowest BCUT2D eigenvalue weighted by molar-refractivity contribution is 0.0501. The molecule has 1 amide bonds. The third kappa shape index (κ3) is 6.98. The van der Waals surface area contributed by atoms with Gasteiger partial charge in [0.25, 0.3) is 0 Å². The van der Waals surface area contributed by atoms with Gasteiger partial charge in [0.05, 0.1) is 36.7 Å². The quantitative estimate of drug-likeness (QED) is 0.459. The second kappa shape index (κ2) is 11.3. The lowest BCUT2D eigenvalue weighted by atomic mass is 10.0. The minimum absolute atomic E-state index is 0.00303. The maximum absolute atomic E-state index is 15.0. The molecule has 0 aromatic carbocycles. The molecule has 0 unspecified atom stereocenters. The number of ether oxygens (including phenoxy) is 2. The number of hydrogen-bond acceptors (Lipinski definition) is 9. The monoisotopic (exact) mass is 529 g/mol. The smallest absolute Gasteiger partial charge is 0.407 e. The first kappa shape index (κ1) is 27.3. The van der Waals surface area contributed by atoms with Crippen molar-refractivity contribution in [2.45, 2.75) is 58.2 Å². The molecule has 4 rings (SSSR count). The fourth-order valence-electron chi connectivity index (χ4n) is 4.23. The highest BCUT2D eigenvalue weighted by molar-refractivity contribution is 5.69. The molecule has 12 heteroatoms. The van der Waals surface area contributed by atoms with Gasteiger partial charge in [-0.15, -0.1) is 0 Å². The summed E-state index contributed by atoms with van der Waals surface area (Å²) < 4.78 is 40.4. The van der Waals surface area contributed by atoms with Crippen LogP contribution in [0.4, 0.5) is 36.7 Å². The van der Waals surface area contributed by atoms with E-state index in [9.17, 15) is 14.4 Å². The van der Waals surface area contributed by atoms with Crippen LogP contribution in [-0.4, -0.2) is 60.0 Å². The minimum Gasteiger partial charge on any atom is -0.444 e. The van der Waals surface area contributed by atoms with Crippen molar-refractivity contribution in [3.63, 3.8) is 0 Å². The lowest BCUT2D eigenvalue weighted by Gasteiger charge is -2.28. The second-order valence-electron chi connectivity index (χ2n) is 10.5. The summed E-state index contributed by atoms with van der Waals surface area (Å²) in [5.74, 6) is -0.737. The zero-order chi connectivity index (χ0) is 27.4. The third-order valence-corrected chi connectivity index (χ3v) is 6.24. The molecule has 204 valence electrons. The van der Waals surface area contributed by atoms with Gasteiger partial charge in [0.1, 0.15) is 17.5 Å². The van der Waals surface area contributed by atoms with Crippen LogP contribution in [0.25, 0.3) is 0 Å². The van der Waals surface area contributed by atoms with Crippen molar-refractivity contribution in [2.24, 2.45) is 5.92 Å². The minimum atomic E-state index is -0.730. The summed E-state index contributed by atoms with van der Waals surface area (Å²) in [6, 6.07) is 3.75. The Morgan fingerprint density at radius 2 is 1.92 bits per heavy atom. The van der Waals surface area contributed by atoms with E-state index in [0.717, 1.165) is 25.1 Å². The molecule has 2 fully saturated rings. The average molecular weight is 530 g/mol. The van der Waals surface area contributed by atoms with E-state index in [-0.39, 0.29) is 34.8 Å². The molecule has 0 bridgehead atoms. The number of amides is 1. The van der Waals surface area contributed by atoms with Crippen LogP contribution in [0.1, 0.15) is 46.1 Å². The van der Waals surface area contributed by atoms with Gasteiger partial charge in [0, 0.05) is 25.2 Å². The summed E-state index contributed by atoms with van der Waals surface area (Å²) in [7, 11) is 0. The zero-order valence-corrected chi connectivity index (χ0v) is 22.0. The molecule has 3 heterocycles. The molecule has 1 saturated heterocycles. The van der Waals surface area contributed by atoms with E-state index in [4.69, 9.17) is 9.47 Å². The first-order valence-electron chi connectivity index (χ1n) is 12.7. The number of pyridine rings is 2. The Bertz CT molecular complexity index is 1200. The molecule has 38 heavy (non-hydrogen) atoms. The van der Waals surface area contributed by atoms with Crippen LogP contribution in [0, 0.1) is 28.9 Å². The van der Waals surface area contributed by atoms with E-state index in [1.165, 1.54) is 6.07 Å². The Morgan fingerprint density at radius 1 is 1.21 bits per heavy atom. The van der Waals surface area contributed by atoms with Gasteiger partial charge >= 0.3 is 6.09 Å². The Hall–Kier alpha value is -3.72. The predicted octanol–water partition coefficient (Wildman–Crippen LogP) is 4.31. The van der Waals surface area contributed by atoms with Crippen molar-refractivity contribution < 1.29 is 23.0 Å². The normalized spacial score (nSPS) is 17.2. The first-order valence-corrected chi connectivity index (χ1v) is 12.7. The van der Waals surface area contributed by atoms with Crippen LogP contribution < -0.4 is 20.9 Å². The van der Waals surface area contributed by atoms with Crippen molar-refractivity contribution in [3.8, 4) is 6.07 Å². The van der Waals surface area contributed by atoms with Crippen LogP contribution in [0.3, 0.4) is 0 Å². The van der Waals surface area contributed by atoms with E-state index in [0.29, 0.717) is 32.1 Å². The van der Waals surface area contributed by atoms with Gasteiger partial charge in [0.15, 0.2) is 23.3 Å². The van der Waals surface area contributed by atoms with E-state index in [1.807, 2.05) is 11.0 Å². The van der Waals surface area contributed by atoms with Crippen LogP contribution in [0.15, 0.2) is 18.3 Å². The summed E-state index contributed by atoms with van der Waals surface area (Å²) in [4.78, 5) is 22.7. The summed E-state index contributed by atoms with van der Waals surface area (Å²) in [5.41, 5.74) is -0.681. The number of nitrogens with zero attached hydrogens (tertiary/aromatic N) is 4. The fourth-order valence-corrected chi connectivity index (χ4v) is 4.23. The molecule has 2 atom stereocenters. The molecule has 2 aromatic heterocycles. The molecule has 3 N–H and O–H groups in total. The SMILES string of the molecule is C[C@H](NC(=O)OC(C)(C)C)[C@H](Nc1nc(Nc2cc(N3CCOCC3)ncc2F)c(C#N)cc1F)C1CC1. The van der Waals surface area contributed by atoms with Gasteiger partial charge < -0.3 is 30.3 Å². The first-order chi connectivity index (χ1) is 18.0. The molecule has 1 aliphatic heterocycles. The lowest BCUT2D eigenvalue weighted by Crippen LogP contribution is -2.47. The maximum Gasteiger partial charge on any atom is 0.407 e. The number of carbonyl (C=O) groups excluding carboxylic acids is 1. The zero-order valence-electron chi connectivity index (χ0n) is 22.0. The van der Waals surface area contributed by atoms with E-state index in [1.54, 1.807) is 27.7 Å². The van der Waals surface area contributed by atoms with E-state index >= 15 is 4.39 Å². The Morgan fingerprint density at radius 3 is 2.55 bits per heavy atom.